The molecular weight excluding hydrogens is 240 g/mol. The number of ether oxygens (including phenoxy) is 1. The van der Waals surface area contributed by atoms with Crippen molar-refractivity contribution in [3.63, 3.8) is 0 Å². The summed E-state index contributed by atoms with van der Waals surface area (Å²) in [5.74, 6) is 0.841. The molecule has 0 spiro atoms. The molecule has 19 heavy (non-hydrogen) atoms. The highest BCUT2D eigenvalue weighted by Crippen LogP contribution is 2.23. The normalized spacial score (nSPS) is 12.4. The van der Waals surface area contributed by atoms with E-state index < -0.39 is 6.10 Å². The lowest BCUT2D eigenvalue weighted by Crippen LogP contribution is -1.98. The second kappa shape index (κ2) is 5.89. The SMILES string of the molecule is CCn1cc(COc2ccc([C@H](C)O)cc2C)cn1. The highest BCUT2D eigenvalue weighted by Gasteiger charge is 2.06. The highest BCUT2D eigenvalue weighted by molar-refractivity contribution is 5.37. The maximum absolute atomic E-state index is 9.53. The number of hydrogen-bond donors (Lipinski definition) is 1. The predicted molar refractivity (Wildman–Crippen MR) is 74.0 cm³/mol. The standard InChI is InChI=1S/C15H20N2O2/c1-4-17-9-13(8-16-17)10-19-15-6-5-14(12(3)18)7-11(15)2/h5-9,12,18H,4,10H2,1-3H3/t12-/m0/s1. The molecule has 0 fully saturated rings. The van der Waals surface area contributed by atoms with Gasteiger partial charge in [-0.15, -0.1) is 0 Å². The van der Waals surface area contributed by atoms with Crippen LogP contribution < -0.4 is 4.74 Å². The van der Waals surface area contributed by atoms with Crippen molar-refractivity contribution < 1.29 is 9.84 Å². The van der Waals surface area contributed by atoms with Crippen molar-refractivity contribution in [3.8, 4) is 5.75 Å². The Balaban J connectivity index is 2.03. The average molecular weight is 260 g/mol. The number of aliphatic hydroxyl groups is 1. The van der Waals surface area contributed by atoms with Crippen LogP contribution in [0.4, 0.5) is 0 Å². The Morgan fingerprint density at radius 1 is 1.42 bits per heavy atom. The Kier molecular flexibility index (Phi) is 4.22. The van der Waals surface area contributed by atoms with Gasteiger partial charge >= 0.3 is 0 Å². The van der Waals surface area contributed by atoms with E-state index in [2.05, 4.69) is 12.0 Å². The molecule has 1 aromatic carbocycles. The Morgan fingerprint density at radius 2 is 2.21 bits per heavy atom. The molecular formula is C15H20N2O2. The van der Waals surface area contributed by atoms with E-state index >= 15 is 0 Å². The van der Waals surface area contributed by atoms with Crippen molar-refractivity contribution in [2.24, 2.45) is 0 Å². The minimum Gasteiger partial charge on any atom is -0.489 e. The van der Waals surface area contributed by atoms with Gasteiger partial charge in [0.2, 0.25) is 0 Å². The van der Waals surface area contributed by atoms with Crippen LogP contribution in [0, 0.1) is 6.92 Å². The van der Waals surface area contributed by atoms with Gasteiger partial charge in [-0.25, -0.2) is 0 Å². The number of aromatic nitrogens is 2. The van der Waals surface area contributed by atoms with Crippen LogP contribution in [0.1, 0.15) is 36.6 Å². The van der Waals surface area contributed by atoms with Gasteiger partial charge in [0.25, 0.3) is 0 Å². The van der Waals surface area contributed by atoms with E-state index in [1.807, 2.05) is 42.2 Å². The third-order valence-corrected chi connectivity index (χ3v) is 3.09. The first-order chi connectivity index (χ1) is 9.10. The smallest absolute Gasteiger partial charge is 0.122 e. The molecule has 0 radical (unpaired) electrons. The van der Waals surface area contributed by atoms with Gasteiger partial charge in [0.05, 0.1) is 12.3 Å². The number of hydrogen-bond acceptors (Lipinski definition) is 3. The van der Waals surface area contributed by atoms with Crippen molar-refractivity contribution in [1.82, 2.24) is 9.78 Å². The quantitative estimate of drug-likeness (QED) is 0.899. The van der Waals surface area contributed by atoms with Crippen molar-refractivity contribution >= 4 is 0 Å². The van der Waals surface area contributed by atoms with Crippen molar-refractivity contribution in [2.75, 3.05) is 0 Å². The Bertz CT molecular complexity index is 547. The van der Waals surface area contributed by atoms with E-state index in [0.717, 1.165) is 29.0 Å². The maximum atomic E-state index is 9.53. The number of aryl methyl sites for hydroxylation is 2. The first kappa shape index (κ1) is 13.6. The number of rotatable bonds is 5. The van der Waals surface area contributed by atoms with Gasteiger partial charge in [-0.05, 0) is 44.0 Å². The lowest BCUT2D eigenvalue weighted by atomic mass is 10.1. The van der Waals surface area contributed by atoms with E-state index in [-0.39, 0.29) is 0 Å². The van der Waals surface area contributed by atoms with Gasteiger partial charge in [0.15, 0.2) is 0 Å². The number of nitrogens with zero attached hydrogens (tertiary/aromatic N) is 2. The second-order valence-electron chi connectivity index (χ2n) is 4.69. The van der Waals surface area contributed by atoms with E-state index in [1.165, 1.54) is 0 Å². The van der Waals surface area contributed by atoms with Gasteiger partial charge in [-0.1, -0.05) is 6.07 Å². The highest BCUT2D eigenvalue weighted by atomic mass is 16.5. The van der Waals surface area contributed by atoms with Crippen molar-refractivity contribution in [2.45, 2.75) is 40.0 Å². The lowest BCUT2D eigenvalue weighted by Gasteiger charge is -2.11. The molecule has 4 nitrogen and oxygen atoms in total. The molecule has 4 heteroatoms. The average Bonchev–Trinajstić information content (AvgIpc) is 2.85. The fourth-order valence-corrected chi connectivity index (χ4v) is 1.91. The number of aliphatic hydroxyl groups excluding tert-OH is 1. The summed E-state index contributed by atoms with van der Waals surface area (Å²) in [5, 5.41) is 13.7. The molecule has 1 N–H and O–H groups in total. The van der Waals surface area contributed by atoms with Gasteiger partial charge in [-0.2, -0.15) is 5.10 Å². The molecule has 102 valence electrons. The van der Waals surface area contributed by atoms with Crippen LogP contribution >= 0.6 is 0 Å². The first-order valence-electron chi connectivity index (χ1n) is 6.53. The van der Waals surface area contributed by atoms with E-state index in [0.29, 0.717) is 6.61 Å². The number of benzene rings is 1. The lowest BCUT2D eigenvalue weighted by molar-refractivity contribution is 0.199. The summed E-state index contributed by atoms with van der Waals surface area (Å²) in [6.07, 6.45) is 3.36. The van der Waals surface area contributed by atoms with Gasteiger partial charge in [0.1, 0.15) is 12.4 Å². The zero-order valence-corrected chi connectivity index (χ0v) is 11.6. The molecule has 0 bridgehead atoms. The Hall–Kier alpha value is -1.81. The van der Waals surface area contributed by atoms with E-state index in [1.54, 1.807) is 6.92 Å². The molecule has 2 aromatic rings. The van der Waals surface area contributed by atoms with Gasteiger partial charge in [0, 0.05) is 18.3 Å². The van der Waals surface area contributed by atoms with Crippen LogP contribution in [0.3, 0.4) is 0 Å². The van der Waals surface area contributed by atoms with Crippen LogP contribution in [0.25, 0.3) is 0 Å². The molecule has 2 rings (SSSR count). The molecule has 0 saturated heterocycles. The third kappa shape index (κ3) is 3.35. The van der Waals surface area contributed by atoms with Crippen LogP contribution in [-0.4, -0.2) is 14.9 Å². The molecule has 1 atom stereocenters. The van der Waals surface area contributed by atoms with E-state index in [4.69, 9.17) is 4.74 Å². The molecule has 0 unspecified atom stereocenters. The first-order valence-corrected chi connectivity index (χ1v) is 6.53. The topological polar surface area (TPSA) is 47.3 Å². The van der Waals surface area contributed by atoms with Crippen LogP contribution in [0.15, 0.2) is 30.6 Å². The van der Waals surface area contributed by atoms with Crippen LogP contribution in [-0.2, 0) is 13.2 Å². The molecule has 0 saturated carbocycles. The fourth-order valence-electron chi connectivity index (χ4n) is 1.91. The molecule has 1 heterocycles. The largest absolute Gasteiger partial charge is 0.489 e. The molecule has 0 aliphatic rings. The predicted octanol–water partition coefficient (Wildman–Crippen LogP) is 2.84. The summed E-state index contributed by atoms with van der Waals surface area (Å²) in [5.41, 5.74) is 2.99. The van der Waals surface area contributed by atoms with Crippen LogP contribution in [0.5, 0.6) is 5.75 Å². The fraction of sp³-hybridized carbons (Fsp3) is 0.400. The summed E-state index contributed by atoms with van der Waals surface area (Å²) in [4.78, 5) is 0. The minimum absolute atomic E-state index is 0.449. The van der Waals surface area contributed by atoms with Gasteiger partial charge < -0.3 is 9.84 Å². The second-order valence-corrected chi connectivity index (χ2v) is 4.69. The molecule has 0 aliphatic carbocycles. The molecule has 1 aromatic heterocycles. The molecule has 0 aliphatic heterocycles. The van der Waals surface area contributed by atoms with Gasteiger partial charge in [-0.3, -0.25) is 4.68 Å². The zero-order valence-electron chi connectivity index (χ0n) is 11.6. The Morgan fingerprint density at radius 3 is 2.79 bits per heavy atom. The zero-order chi connectivity index (χ0) is 13.8. The molecule has 0 amide bonds. The van der Waals surface area contributed by atoms with Crippen LogP contribution in [0.2, 0.25) is 0 Å². The summed E-state index contributed by atoms with van der Waals surface area (Å²) in [6.45, 7) is 7.17. The third-order valence-electron chi connectivity index (χ3n) is 3.09. The Labute approximate surface area is 113 Å². The minimum atomic E-state index is -0.449. The summed E-state index contributed by atoms with van der Waals surface area (Å²) in [7, 11) is 0. The summed E-state index contributed by atoms with van der Waals surface area (Å²) in [6, 6.07) is 5.75. The van der Waals surface area contributed by atoms with Crippen molar-refractivity contribution in [1.29, 1.82) is 0 Å². The monoisotopic (exact) mass is 260 g/mol. The van der Waals surface area contributed by atoms with E-state index in [9.17, 15) is 5.11 Å². The maximum Gasteiger partial charge on any atom is 0.122 e. The van der Waals surface area contributed by atoms with Crippen molar-refractivity contribution in [3.05, 3.63) is 47.3 Å². The summed E-state index contributed by atoms with van der Waals surface area (Å²) >= 11 is 0. The summed E-state index contributed by atoms with van der Waals surface area (Å²) < 4.78 is 7.66.